The fourth-order valence-electron chi connectivity index (χ4n) is 1.21. The van der Waals surface area contributed by atoms with Crippen molar-refractivity contribution in [1.82, 2.24) is 9.55 Å². The number of anilines is 1. The minimum absolute atomic E-state index is 0.230. The van der Waals surface area contributed by atoms with Crippen LogP contribution in [0.3, 0.4) is 0 Å². The molecule has 0 spiro atoms. The molecule has 2 rings (SSSR count). The summed E-state index contributed by atoms with van der Waals surface area (Å²) < 4.78 is 2.39. The topological polar surface area (TPSA) is 60.9 Å². The Morgan fingerprint density at radius 1 is 1.20 bits per heavy atom. The molecule has 1 aromatic heterocycles. The van der Waals surface area contributed by atoms with Crippen LogP contribution in [0.1, 0.15) is 0 Å². The van der Waals surface area contributed by atoms with Gasteiger partial charge in [0.05, 0.1) is 5.69 Å². The molecular weight excluding hydrogens is 258 g/mol. The minimum Gasteiger partial charge on any atom is -0.383 e. The van der Waals surface area contributed by atoms with Crippen molar-refractivity contribution in [2.75, 3.05) is 5.73 Å². The Bertz CT molecular complexity index is 533. The van der Waals surface area contributed by atoms with Gasteiger partial charge in [-0.2, -0.15) is 4.98 Å². The summed E-state index contributed by atoms with van der Waals surface area (Å²) in [4.78, 5) is 15.1. The molecule has 0 fully saturated rings. The van der Waals surface area contributed by atoms with E-state index in [4.69, 9.17) is 5.73 Å². The van der Waals surface area contributed by atoms with E-state index in [1.165, 1.54) is 4.57 Å². The lowest BCUT2D eigenvalue weighted by atomic mass is 10.3. The quantitative estimate of drug-likeness (QED) is 0.852. The maximum Gasteiger partial charge on any atom is 0.354 e. The highest BCUT2D eigenvalue weighted by Crippen LogP contribution is 2.12. The van der Waals surface area contributed by atoms with Crippen LogP contribution in [0.2, 0.25) is 0 Å². The largest absolute Gasteiger partial charge is 0.383 e. The number of halogens is 1. The van der Waals surface area contributed by atoms with Gasteiger partial charge in [0.25, 0.3) is 0 Å². The number of nitrogens with two attached hydrogens (primary N) is 1. The van der Waals surface area contributed by atoms with E-state index in [0.717, 1.165) is 10.2 Å². The standard InChI is InChI=1S/C10H8BrN3O/c11-7-1-3-8(4-2-7)14-6-5-9(12)13-10(14)15/h1-6H,(H2,12,13,15). The summed E-state index contributed by atoms with van der Waals surface area (Å²) in [6.07, 6.45) is 1.61. The third-order valence-corrected chi connectivity index (χ3v) is 2.46. The van der Waals surface area contributed by atoms with Gasteiger partial charge in [0, 0.05) is 10.7 Å². The molecule has 0 radical (unpaired) electrons. The lowest BCUT2D eigenvalue weighted by molar-refractivity contribution is 0.919. The molecule has 0 saturated heterocycles. The lowest BCUT2D eigenvalue weighted by Crippen LogP contribution is -2.21. The van der Waals surface area contributed by atoms with Crippen LogP contribution in [-0.4, -0.2) is 9.55 Å². The van der Waals surface area contributed by atoms with E-state index < -0.39 is 0 Å². The normalized spacial score (nSPS) is 10.2. The molecule has 0 atom stereocenters. The van der Waals surface area contributed by atoms with E-state index in [-0.39, 0.29) is 11.5 Å². The van der Waals surface area contributed by atoms with Gasteiger partial charge in [-0.25, -0.2) is 4.79 Å². The van der Waals surface area contributed by atoms with Gasteiger partial charge in [0.2, 0.25) is 0 Å². The van der Waals surface area contributed by atoms with Crippen molar-refractivity contribution in [2.45, 2.75) is 0 Å². The number of aromatic nitrogens is 2. The Morgan fingerprint density at radius 2 is 1.87 bits per heavy atom. The summed E-state index contributed by atoms with van der Waals surface area (Å²) in [5.74, 6) is 0.230. The first kappa shape index (κ1) is 9.92. The van der Waals surface area contributed by atoms with Gasteiger partial charge in [-0.1, -0.05) is 15.9 Å². The molecule has 5 heteroatoms. The maximum atomic E-state index is 11.5. The average Bonchev–Trinajstić information content (AvgIpc) is 2.20. The molecule has 0 aliphatic heterocycles. The highest BCUT2D eigenvalue weighted by atomic mass is 79.9. The third-order valence-electron chi connectivity index (χ3n) is 1.93. The predicted octanol–water partition coefficient (Wildman–Crippen LogP) is 1.58. The minimum atomic E-state index is -0.377. The van der Waals surface area contributed by atoms with Crippen molar-refractivity contribution in [3.63, 3.8) is 0 Å². The van der Waals surface area contributed by atoms with Crippen LogP contribution in [0.5, 0.6) is 0 Å². The van der Waals surface area contributed by atoms with Crippen molar-refractivity contribution < 1.29 is 0 Å². The summed E-state index contributed by atoms with van der Waals surface area (Å²) in [6.45, 7) is 0. The SMILES string of the molecule is Nc1ccn(-c2ccc(Br)cc2)c(=O)n1. The first-order valence-electron chi connectivity index (χ1n) is 4.28. The highest BCUT2D eigenvalue weighted by Gasteiger charge is 2.00. The van der Waals surface area contributed by atoms with Gasteiger partial charge < -0.3 is 5.73 Å². The van der Waals surface area contributed by atoms with Crippen molar-refractivity contribution in [1.29, 1.82) is 0 Å². The number of benzene rings is 1. The highest BCUT2D eigenvalue weighted by molar-refractivity contribution is 9.10. The maximum absolute atomic E-state index is 11.5. The van der Waals surface area contributed by atoms with Crippen LogP contribution in [0, 0.1) is 0 Å². The Kier molecular flexibility index (Phi) is 2.55. The Labute approximate surface area is 94.5 Å². The second-order valence-electron chi connectivity index (χ2n) is 2.98. The van der Waals surface area contributed by atoms with Crippen molar-refractivity contribution >= 4 is 21.7 Å². The molecule has 0 amide bonds. The summed E-state index contributed by atoms with van der Waals surface area (Å²) in [7, 11) is 0. The van der Waals surface area contributed by atoms with Crippen molar-refractivity contribution in [3.05, 3.63) is 51.5 Å². The van der Waals surface area contributed by atoms with E-state index >= 15 is 0 Å². The monoisotopic (exact) mass is 265 g/mol. The molecule has 0 unspecified atom stereocenters. The smallest absolute Gasteiger partial charge is 0.354 e. The molecule has 76 valence electrons. The summed E-state index contributed by atoms with van der Waals surface area (Å²) in [6, 6.07) is 8.95. The van der Waals surface area contributed by atoms with Crippen molar-refractivity contribution in [2.24, 2.45) is 0 Å². The Balaban J connectivity index is 2.55. The van der Waals surface area contributed by atoms with Gasteiger partial charge in [0.15, 0.2) is 0 Å². The molecular formula is C10H8BrN3O. The fourth-order valence-corrected chi connectivity index (χ4v) is 1.48. The van der Waals surface area contributed by atoms with Gasteiger partial charge in [-0.15, -0.1) is 0 Å². The molecule has 0 bridgehead atoms. The fraction of sp³-hybridized carbons (Fsp3) is 0. The van der Waals surface area contributed by atoms with Gasteiger partial charge in [-0.05, 0) is 30.3 Å². The van der Waals surface area contributed by atoms with Gasteiger partial charge >= 0.3 is 5.69 Å². The summed E-state index contributed by atoms with van der Waals surface area (Å²) in [5, 5.41) is 0. The Hall–Kier alpha value is -1.62. The van der Waals surface area contributed by atoms with Crippen LogP contribution in [0.15, 0.2) is 45.8 Å². The molecule has 1 heterocycles. The molecule has 15 heavy (non-hydrogen) atoms. The molecule has 0 saturated carbocycles. The van der Waals surface area contributed by atoms with E-state index in [2.05, 4.69) is 20.9 Å². The lowest BCUT2D eigenvalue weighted by Gasteiger charge is -2.04. The van der Waals surface area contributed by atoms with Crippen LogP contribution < -0.4 is 11.4 Å². The Morgan fingerprint density at radius 3 is 2.47 bits per heavy atom. The zero-order valence-electron chi connectivity index (χ0n) is 7.72. The van der Waals surface area contributed by atoms with Crippen LogP contribution in [-0.2, 0) is 0 Å². The van der Waals surface area contributed by atoms with Gasteiger partial charge in [-0.3, -0.25) is 4.57 Å². The number of hydrogen-bond acceptors (Lipinski definition) is 3. The van der Waals surface area contributed by atoms with E-state index in [1.54, 1.807) is 12.3 Å². The van der Waals surface area contributed by atoms with E-state index in [9.17, 15) is 4.79 Å². The second kappa shape index (κ2) is 3.86. The zero-order chi connectivity index (χ0) is 10.8. The molecule has 0 aliphatic carbocycles. The molecule has 2 N–H and O–H groups in total. The van der Waals surface area contributed by atoms with Gasteiger partial charge in [0.1, 0.15) is 5.82 Å². The first-order chi connectivity index (χ1) is 7.16. The molecule has 4 nitrogen and oxygen atoms in total. The molecule has 0 aliphatic rings. The van der Waals surface area contributed by atoms with E-state index in [0.29, 0.717) is 0 Å². The average molecular weight is 266 g/mol. The molecule has 1 aromatic carbocycles. The van der Waals surface area contributed by atoms with Crippen LogP contribution >= 0.6 is 15.9 Å². The number of rotatable bonds is 1. The number of nitrogens with zero attached hydrogens (tertiary/aromatic N) is 2. The van der Waals surface area contributed by atoms with E-state index in [1.807, 2.05) is 24.3 Å². The zero-order valence-corrected chi connectivity index (χ0v) is 9.31. The third kappa shape index (κ3) is 2.07. The summed E-state index contributed by atoms with van der Waals surface area (Å²) >= 11 is 3.33. The number of hydrogen-bond donors (Lipinski definition) is 1. The van der Waals surface area contributed by atoms with Crippen LogP contribution in [0.25, 0.3) is 5.69 Å². The first-order valence-corrected chi connectivity index (χ1v) is 5.07. The molecule has 2 aromatic rings. The van der Waals surface area contributed by atoms with Crippen LogP contribution in [0.4, 0.5) is 5.82 Å². The number of nitrogen functional groups attached to an aromatic ring is 1. The second-order valence-corrected chi connectivity index (χ2v) is 3.90. The summed E-state index contributed by atoms with van der Waals surface area (Å²) in [5.41, 5.74) is 5.78. The van der Waals surface area contributed by atoms with Crippen molar-refractivity contribution in [3.8, 4) is 5.69 Å². The predicted molar refractivity (Wildman–Crippen MR) is 61.9 cm³/mol.